The molecule has 0 atom stereocenters. The van der Waals surface area contributed by atoms with E-state index in [-0.39, 0.29) is 5.70 Å². The summed E-state index contributed by atoms with van der Waals surface area (Å²) in [6.45, 7) is 0.709. The Labute approximate surface area is 210 Å². The molecule has 4 aromatic rings. The molecule has 180 valence electrons. The maximum absolute atomic E-state index is 12.5. The molecule has 0 heterocycles. The van der Waals surface area contributed by atoms with Crippen LogP contribution in [0.5, 0.6) is 11.5 Å². The van der Waals surface area contributed by atoms with E-state index in [1.54, 1.807) is 48.5 Å². The number of nitrogens with one attached hydrogen (secondary N) is 1. The Morgan fingerprint density at radius 3 is 1.78 bits per heavy atom. The zero-order valence-electron chi connectivity index (χ0n) is 19.6. The van der Waals surface area contributed by atoms with Crippen LogP contribution in [-0.4, -0.2) is 11.8 Å². The van der Waals surface area contributed by atoms with E-state index in [0.717, 1.165) is 11.1 Å². The van der Waals surface area contributed by atoms with Crippen molar-refractivity contribution in [2.24, 2.45) is 5.73 Å². The second kappa shape index (κ2) is 12.0. The van der Waals surface area contributed by atoms with Crippen molar-refractivity contribution in [1.82, 2.24) is 5.32 Å². The summed E-state index contributed by atoms with van der Waals surface area (Å²) in [4.78, 5) is 24.6. The average Bonchev–Trinajstić information content (AvgIpc) is 2.92. The minimum atomic E-state index is -0.754. The minimum absolute atomic E-state index is 0.0317. The van der Waals surface area contributed by atoms with Crippen LogP contribution in [0.3, 0.4) is 0 Å². The van der Waals surface area contributed by atoms with Gasteiger partial charge in [0.05, 0.1) is 0 Å². The van der Waals surface area contributed by atoms with Crippen molar-refractivity contribution >= 4 is 17.9 Å². The first kappa shape index (κ1) is 24.3. The van der Waals surface area contributed by atoms with Gasteiger partial charge in [-0.25, -0.2) is 0 Å². The quantitative estimate of drug-likeness (QED) is 0.310. The van der Waals surface area contributed by atoms with Gasteiger partial charge in [-0.3, -0.25) is 9.59 Å². The molecule has 4 rings (SSSR count). The van der Waals surface area contributed by atoms with Crippen LogP contribution < -0.4 is 20.5 Å². The van der Waals surface area contributed by atoms with Gasteiger partial charge >= 0.3 is 0 Å². The number of hydrogen-bond acceptors (Lipinski definition) is 4. The largest absolute Gasteiger partial charge is 0.485 e. The second-order valence-electron chi connectivity index (χ2n) is 8.00. The normalized spacial score (nSPS) is 10.9. The van der Waals surface area contributed by atoms with Crippen LogP contribution in [0.2, 0.25) is 0 Å². The van der Waals surface area contributed by atoms with Crippen molar-refractivity contribution in [2.45, 2.75) is 13.2 Å². The van der Waals surface area contributed by atoms with Crippen molar-refractivity contribution in [2.75, 3.05) is 0 Å². The molecule has 0 aromatic heterocycles. The first-order valence-electron chi connectivity index (χ1n) is 11.4. The van der Waals surface area contributed by atoms with Crippen LogP contribution in [0.1, 0.15) is 27.0 Å². The van der Waals surface area contributed by atoms with E-state index in [9.17, 15) is 9.59 Å². The molecule has 6 nitrogen and oxygen atoms in total. The van der Waals surface area contributed by atoms with Gasteiger partial charge in [-0.05, 0) is 47.0 Å². The van der Waals surface area contributed by atoms with Crippen LogP contribution in [0.25, 0.3) is 6.08 Å². The van der Waals surface area contributed by atoms with Crippen molar-refractivity contribution in [3.05, 3.63) is 137 Å². The summed E-state index contributed by atoms with van der Waals surface area (Å²) in [5, 5.41) is 2.60. The van der Waals surface area contributed by atoms with Gasteiger partial charge in [0.2, 0.25) is 0 Å². The van der Waals surface area contributed by atoms with Crippen molar-refractivity contribution in [3.63, 3.8) is 0 Å². The fourth-order valence-corrected chi connectivity index (χ4v) is 3.44. The monoisotopic (exact) mass is 478 g/mol. The van der Waals surface area contributed by atoms with E-state index in [4.69, 9.17) is 15.2 Å². The topological polar surface area (TPSA) is 90.7 Å². The van der Waals surface area contributed by atoms with Crippen LogP contribution in [0.4, 0.5) is 0 Å². The molecular formula is C30H26N2O4. The standard InChI is InChI=1S/C30H26N2O4/c31-29(33)26(32-30(34)25-14-8-3-9-15-25)18-24-16-17-27(35-20-22-10-4-1-5-11-22)28(19-24)36-21-23-12-6-2-7-13-23/h1-19H,20-21H2,(H2,31,33)(H,32,34)/b26-18+. The van der Waals surface area contributed by atoms with Crippen molar-refractivity contribution in [1.29, 1.82) is 0 Å². The van der Waals surface area contributed by atoms with E-state index >= 15 is 0 Å². The molecule has 0 radical (unpaired) electrons. The third kappa shape index (κ3) is 6.84. The predicted molar refractivity (Wildman–Crippen MR) is 139 cm³/mol. The smallest absolute Gasteiger partial charge is 0.265 e. The average molecular weight is 479 g/mol. The molecule has 0 aliphatic heterocycles. The lowest BCUT2D eigenvalue weighted by molar-refractivity contribution is -0.114. The summed E-state index contributed by atoms with van der Waals surface area (Å²) in [6, 6.07) is 33.5. The number of carbonyl (C=O) groups is 2. The van der Waals surface area contributed by atoms with Gasteiger partial charge in [0.1, 0.15) is 18.9 Å². The summed E-state index contributed by atoms with van der Waals surface area (Å²) in [5.74, 6) is -0.123. The Balaban J connectivity index is 1.58. The van der Waals surface area contributed by atoms with E-state index in [1.807, 2.05) is 60.7 Å². The highest BCUT2D eigenvalue weighted by Gasteiger charge is 2.13. The number of benzene rings is 4. The highest BCUT2D eigenvalue weighted by atomic mass is 16.5. The number of rotatable bonds is 10. The van der Waals surface area contributed by atoms with E-state index in [0.29, 0.717) is 35.8 Å². The molecule has 0 aliphatic carbocycles. The molecule has 0 unspecified atom stereocenters. The van der Waals surface area contributed by atoms with E-state index in [2.05, 4.69) is 5.32 Å². The van der Waals surface area contributed by atoms with Gasteiger partial charge in [-0.15, -0.1) is 0 Å². The third-order valence-corrected chi connectivity index (χ3v) is 5.30. The van der Waals surface area contributed by atoms with Gasteiger partial charge in [0, 0.05) is 5.56 Å². The summed E-state index contributed by atoms with van der Waals surface area (Å²) in [5.41, 5.74) is 8.58. The fraction of sp³-hybridized carbons (Fsp3) is 0.0667. The molecule has 0 spiro atoms. The number of amides is 2. The molecule has 6 heteroatoms. The molecule has 0 aliphatic rings. The molecule has 4 aromatic carbocycles. The molecule has 2 amide bonds. The van der Waals surface area contributed by atoms with Crippen LogP contribution in [0.15, 0.2) is 115 Å². The summed E-state index contributed by atoms with van der Waals surface area (Å²) < 4.78 is 12.1. The summed E-state index contributed by atoms with van der Waals surface area (Å²) in [7, 11) is 0. The van der Waals surface area contributed by atoms with Gasteiger partial charge in [-0.2, -0.15) is 0 Å². The van der Waals surface area contributed by atoms with Crippen LogP contribution >= 0.6 is 0 Å². The van der Waals surface area contributed by atoms with Crippen LogP contribution in [-0.2, 0) is 18.0 Å². The second-order valence-corrected chi connectivity index (χ2v) is 8.00. The van der Waals surface area contributed by atoms with Gasteiger partial charge in [0.25, 0.3) is 11.8 Å². The summed E-state index contributed by atoms with van der Waals surface area (Å²) >= 11 is 0. The Bertz CT molecular complexity index is 1340. The Morgan fingerprint density at radius 2 is 1.22 bits per heavy atom. The number of primary amides is 1. The lowest BCUT2D eigenvalue weighted by atomic mass is 10.1. The molecular weight excluding hydrogens is 452 g/mol. The Kier molecular flexibility index (Phi) is 8.12. The number of hydrogen-bond donors (Lipinski definition) is 2. The molecule has 0 fully saturated rings. The van der Waals surface area contributed by atoms with Crippen LogP contribution in [0, 0.1) is 0 Å². The van der Waals surface area contributed by atoms with E-state index < -0.39 is 11.8 Å². The molecule has 0 bridgehead atoms. The molecule has 0 saturated carbocycles. The highest BCUT2D eigenvalue weighted by Crippen LogP contribution is 2.31. The lowest BCUT2D eigenvalue weighted by Crippen LogP contribution is -2.31. The zero-order chi connectivity index (χ0) is 25.2. The SMILES string of the molecule is NC(=O)/C(=C\c1ccc(OCc2ccccc2)c(OCc2ccccc2)c1)NC(=O)c1ccccc1. The van der Waals surface area contributed by atoms with Gasteiger partial charge in [0.15, 0.2) is 11.5 Å². The minimum Gasteiger partial charge on any atom is -0.485 e. The fourth-order valence-electron chi connectivity index (χ4n) is 3.44. The lowest BCUT2D eigenvalue weighted by Gasteiger charge is -2.14. The molecule has 3 N–H and O–H groups in total. The predicted octanol–water partition coefficient (Wildman–Crippen LogP) is 5.10. The van der Waals surface area contributed by atoms with E-state index in [1.165, 1.54) is 6.08 Å². The van der Waals surface area contributed by atoms with Crippen molar-refractivity contribution < 1.29 is 19.1 Å². The first-order valence-corrected chi connectivity index (χ1v) is 11.4. The first-order chi connectivity index (χ1) is 17.6. The van der Waals surface area contributed by atoms with Crippen molar-refractivity contribution in [3.8, 4) is 11.5 Å². The maximum Gasteiger partial charge on any atom is 0.265 e. The third-order valence-electron chi connectivity index (χ3n) is 5.30. The zero-order valence-corrected chi connectivity index (χ0v) is 19.6. The molecule has 0 saturated heterocycles. The van der Waals surface area contributed by atoms with Gasteiger partial charge in [-0.1, -0.05) is 84.9 Å². The number of ether oxygens (including phenoxy) is 2. The maximum atomic E-state index is 12.5. The highest BCUT2D eigenvalue weighted by molar-refractivity contribution is 6.04. The Hall–Kier alpha value is -4.84. The Morgan fingerprint density at radius 1 is 0.694 bits per heavy atom. The number of carbonyl (C=O) groups excluding carboxylic acids is 2. The van der Waals surface area contributed by atoms with Gasteiger partial charge < -0.3 is 20.5 Å². The number of nitrogens with two attached hydrogens (primary N) is 1. The molecule has 36 heavy (non-hydrogen) atoms. The summed E-state index contributed by atoms with van der Waals surface area (Å²) in [6.07, 6.45) is 1.51.